The summed E-state index contributed by atoms with van der Waals surface area (Å²) in [5.74, 6) is 0.654. The molecule has 0 aromatic carbocycles. The number of hydrogen-bond donors (Lipinski definition) is 2. The number of H-pyrrole nitrogens is 1. The molecule has 17 heavy (non-hydrogen) atoms. The van der Waals surface area contributed by atoms with Crippen molar-refractivity contribution in [3.05, 3.63) is 21.0 Å². The number of nitrogens with one attached hydrogen (secondary N) is 2. The minimum atomic E-state index is -0.198. The highest BCUT2D eigenvalue weighted by atomic mass is 79.9. The van der Waals surface area contributed by atoms with Crippen LogP contribution >= 0.6 is 15.9 Å². The van der Waals surface area contributed by atoms with Crippen molar-refractivity contribution >= 4 is 21.6 Å². The molecule has 1 saturated heterocycles. The number of nitrogens with zero attached hydrogens (tertiary/aromatic N) is 2. The van der Waals surface area contributed by atoms with Crippen LogP contribution in [0.4, 0.5) is 5.69 Å². The smallest absolute Gasteiger partial charge is 0.280 e. The first kappa shape index (κ1) is 12.6. The molecule has 1 aromatic heterocycles. The fourth-order valence-electron chi connectivity index (χ4n) is 2.13. The molecule has 1 fully saturated rings. The Hall–Kier alpha value is -0.880. The van der Waals surface area contributed by atoms with Crippen LogP contribution in [0.1, 0.15) is 13.3 Å². The molecular weight excluding hydrogens is 284 g/mol. The van der Waals surface area contributed by atoms with Gasteiger partial charge in [-0.1, -0.05) is 6.92 Å². The number of aromatic nitrogens is 2. The quantitative estimate of drug-likeness (QED) is 0.879. The molecule has 94 valence electrons. The predicted molar refractivity (Wildman–Crippen MR) is 71.3 cm³/mol. The summed E-state index contributed by atoms with van der Waals surface area (Å²) in [6, 6.07) is 0. The van der Waals surface area contributed by atoms with Crippen molar-refractivity contribution in [2.75, 3.05) is 31.5 Å². The van der Waals surface area contributed by atoms with Crippen LogP contribution in [-0.2, 0) is 0 Å². The summed E-state index contributed by atoms with van der Waals surface area (Å²) < 4.78 is 0.526. The number of halogens is 1. The Morgan fingerprint density at radius 1 is 1.71 bits per heavy atom. The molecule has 0 saturated carbocycles. The molecule has 2 N–H and O–H groups in total. The van der Waals surface area contributed by atoms with Gasteiger partial charge in [0.1, 0.15) is 4.47 Å². The maximum Gasteiger partial charge on any atom is 0.280 e. The highest BCUT2D eigenvalue weighted by Crippen LogP contribution is 2.19. The second-order valence-corrected chi connectivity index (χ2v) is 5.15. The summed E-state index contributed by atoms with van der Waals surface area (Å²) in [7, 11) is 0. The minimum Gasteiger partial charge on any atom is -0.382 e. The summed E-state index contributed by atoms with van der Waals surface area (Å²) in [4.78, 5) is 13.8. The summed E-state index contributed by atoms with van der Waals surface area (Å²) in [6.07, 6.45) is 2.85. The predicted octanol–water partition coefficient (Wildman–Crippen LogP) is 1.29. The van der Waals surface area contributed by atoms with Crippen LogP contribution in [0.25, 0.3) is 0 Å². The second kappa shape index (κ2) is 5.64. The lowest BCUT2D eigenvalue weighted by Crippen LogP contribution is -2.23. The molecule has 1 aliphatic heterocycles. The van der Waals surface area contributed by atoms with Gasteiger partial charge < -0.3 is 10.2 Å². The van der Waals surface area contributed by atoms with E-state index in [2.05, 4.69) is 43.3 Å². The van der Waals surface area contributed by atoms with E-state index in [1.165, 1.54) is 13.0 Å². The first-order valence-corrected chi connectivity index (χ1v) is 6.69. The largest absolute Gasteiger partial charge is 0.382 e. The van der Waals surface area contributed by atoms with Gasteiger partial charge in [-0.05, 0) is 41.4 Å². The standard InChI is InChI=1S/C11H17BrN4O/c1-2-16-4-3-8(7-16)5-13-9-6-14-15-11(17)10(9)12/h6,8H,2-5,7H2,1H3,(H2,13,15,17). The van der Waals surface area contributed by atoms with E-state index in [-0.39, 0.29) is 5.56 Å². The zero-order chi connectivity index (χ0) is 12.3. The third-order valence-electron chi connectivity index (χ3n) is 3.19. The number of likely N-dealkylation sites (tertiary alicyclic amines) is 1. The molecule has 1 aliphatic rings. The average Bonchev–Trinajstić information content (AvgIpc) is 2.79. The number of aromatic amines is 1. The molecule has 6 heteroatoms. The summed E-state index contributed by atoms with van der Waals surface area (Å²) >= 11 is 3.26. The molecule has 0 radical (unpaired) electrons. The Morgan fingerprint density at radius 3 is 3.24 bits per heavy atom. The Bertz CT molecular complexity index is 434. The third kappa shape index (κ3) is 3.07. The van der Waals surface area contributed by atoms with E-state index in [9.17, 15) is 4.79 Å². The fraction of sp³-hybridized carbons (Fsp3) is 0.636. The third-order valence-corrected chi connectivity index (χ3v) is 3.98. The monoisotopic (exact) mass is 300 g/mol. The van der Waals surface area contributed by atoms with Gasteiger partial charge in [-0.2, -0.15) is 5.10 Å². The minimum absolute atomic E-state index is 0.198. The molecule has 0 amide bonds. The molecule has 0 bridgehead atoms. The van der Waals surface area contributed by atoms with Crippen molar-refractivity contribution in [2.24, 2.45) is 5.92 Å². The van der Waals surface area contributed by atoms with Crippen molar-refractivity contribution in [3.63, 3.8) is 0 Å². The fourth-order valence-corrected chi connectivity index (χ4v) is 2.46. The number of rotatable bonds is 4. The molecule has 0 spiro atoms. The second-order valence-electron chi connectivity index (χ2n) is 4.36. The SMILES string of the molecule is CCN1CCC(CNc2cn[nH]c(=O)c2Br)C1. The molecule has 1 unspecified atom stereocenters. The van der Waals surface area contributed by atoms with Gasteiger partial charge in [-0.15, -0.1) is 0 Å². The van der Waals surface area contributed by atoms with E-state index in [0.29, 0.717) is 10.4 Å². The first-order chi connectivity index (χ1) is 8.20. The van der Waals surface area contributed by atoms with Crippen molar-refractivity contribution in [1.82, 2.24) is 15.1 Å². The van der Waals surface area contributed by atoms with E-state index in [1.807, 2.05) is 0 Å². The highest BCUT2D eigenvalue weighted by molar-refractivity contribution is 9.10. The van der Waals surface area contributed by atoms with Crippen LogP contribution in [0, 0.1) is 5.92 Å². The van der Waals surface area contributed by atoms with Gasteiger partial charge >= 0.3 is 0 Å². The zero-order valence-corrected chi connectivity index (χ0v) is 11.5. The lowest BCUT2D eigenvalue weighted by atomic mass is 10.1. The average molecular weight is 301 g/mol. The van der Waals surface area contributed by atoms with Crippen LogP contribution in [-0.4, -0.2) is 41.3 Å². The van der Waals surface area contributed by atoms with Crippen LogP contribution in [0.5, 0.6) is 0 Å². The maximum absolute atomic E-state index is 11.3. The van der Waals surface area contributed by atoms with E-state index >= 15 is 0 Å². The molecule has 1 atom stereocenters. The van der Waals surface area contributed by atoms with Crippen LogP contribution in [0.15, 0.2) is 15.5 Å². The molecule has 2 rings (SSSR count). The number of hydrogen-bond acceptors (Lipinski definition) is 4. The van der Waals surface area contributed by atoms with E-state index in [1.54, 1.807) is 6.20 Å². The van der Waals surface area contributed by atoms with Crippen molar-refractivity contribution < 1.29 is 0 Å². The van der Waals surface area contributed by atoms with E-state index < -0.39 is 0 Å². The van der Waals surface area contributed by atoms with Crippen LogP contribution in [0.2, 0.25) is 0 Å². The normalized spacial score (nSPS) is 20.7. The molecule has 0 aliphatic carbocycles. The summed E-state index contributed by atoms with van der Waals surface area (Å²) in [6.45, 7) is 6.51. The van der Waals surface area contributed by atoms with Gasteiger partial charge in [0.2, 0.25) is 0 Å². The maximum atomic E-state index is 11.3. The lowest BCUT2D eigenvalue weighted by Gasteiger charge is -2.14. The topological polar surface area (TPSA) is 61.0 Å². The van der Waals surface area contributed by atoms with Gasteiger partial charge in [0.15, 0.2) is 0 Å². The van der Waals surface area contributed by atoms with Gasteiger partial charge in [-0.3, -0.25) is 4.79 Å². The van der Waals surface area contributed by atoms with Gasteiger partial charge in [0, 0.05) is 13.1 Å². The Balaban J connectivity index is 1.90. The first-order valence-electron chi connectivity index (χ1n) is 5.90. The van der Waals surface area contributed by atoms with E-state index in [0.717, 1.165) is 25.3 Å². The lowest BCUT2D eigenvalue weighted by molar-refractivity contribution is 0.345. The molecule has 1 aromatic rings. The number of anilines is 1. The Kier molecular flexibility index (Phi) is 4.17. The zero-order valence-electron chi connectivity index (χ0n) is 9.87. The molecule has 2 heterocycles. The van der Waals surface area contributed by atoms with Gasteiger partial charge in [-0.25, -0.2) is 5.10 Å². The van der Waals surface area contributed by atoms with Crippen LogP contribution < -0.4 is 10.9 Å². The Labute approximate surface area is 109 Å². The summed E-state index contributed by atoms with van der Waals surface area (Å²) in [5.41, 5.74) is 0.570. The van der Waals surface area contributed by atoms with E-state index in [4.69, 9.17) is 0 Å². The van der Waals surface area contributed by atoms with Gasteiger partial charge in [0.05, 0.1) is 11.9 Å². The van der Waals surface area contributed by atoms with Crippen LogP contribution in [0.3, 0.4) is 0 Å². The van der Waals surface area contributed by atoms with Crippen molar-refractivity contribution in [1.29, 1.82) is 0 Å². The van der Waals surface area contributed by atoms with Gasteiger partial charge in [0.25, 0.3) is 5.56 Å². The molecular formula is C11H17BrN4O. The Morgan fingerprint density at radius 2 is 2.53 bits per heavy atom. The van der Waals surface area contributed by atoms with Crippen molar-refractivity contribution in [3.8, 4) is 0 Å². The van der Waals surface area contributed by atoms with Crippen molar-refractivity contribution in [2.45, 2.75) is 13.3 Å². The highest BCUT2D eigenvalue weighted by Gasteiger charge is 2.20. The summed E-state index contributed by atoms with van der Waals surface area (Å²) in [5, 5.41) is 9.45. The molecule has 5 nitrogen and oxygen atoms in total.